The smallest absolute Gasteiger partial charge is 0.422 e. The lowest BCUT2D eigenvalue weighted by atomic mass is 10.2. The summed E-state index contributed by atoms with van der Waals surface area (Å²) in [6, 6.07) is 12.7. The number of ether oxygens (including phenoxy) is 1. The summed E-state index contributed by atoms with van der Waals surface area (Å²) in [5, 5.41) is 2.93. The standard InChI is InChI=1S/C19H20F3N5O2/c1-13-8-9-15(29-13)10-23-16-24-17(26-18(25-16)28-12-19(20,21)22)27(2)11-14-6-4-3-5-7-14/h3-9H,10-12H2,1-2H3,(H,23,24,25,26). The minimum atomic E-state index is -4.50. The Kier molecular flexibility index (Phi) is 6.20. The molecule has 29 heavy (non-hydrogen) atoms. The van der Waals surface area contributed by atoms with Crippen molar-refractivity contribution in [3.8, 4) is 6.01 Å². The SMILES string of the molecule is Cc1ccc(CNc2nc(OCC(F)(F)F)nc(N(C)Cc3ccccc3)n2)o1. The highest BCUT2D eigenvalue weighted by molar-refractivity contribution is 5.39. The molecule has 10 heteroatoms. The van der Waals surface area contributed by atoms with E-state index < -0.39 is 18.8 Å². The molecule has 0 saturated carbocycles. The summed E-state index contributed by atoms with van der Waals surface area (Å²) in [5.74, 6) is 1.65. The summed E-state index contributed by atoms with van der Waals surface area (Å²) in [7, 11) is 1.73. The zero-order valence-corrected chi connectivity index (χ0v) is 15.9. The van der Waals surface area contributed by atoms with Gasteiger partial charge in [0.2, 0.25) is 11.9 Å². The van der Waals surface area contributed by atoms with Crippen molar-refractivity contribution in [1.82, 2.24) is 15.0 Å². The lowest BCUT2D eigenvalue weighted by molar-refractivity contribution is -0.154. The number of alkyl halides is 3. The number of aromatic nitrogens is 3. The fraction of sp³-hybridized carbons (Fsp3) is 0.316. The molecule has 0 aliphatic rings. The first kappa shape index (κ1) is 20.4. The topological polar surface area (TPSA) is 76.3 Å². The summed E-state index contributed by atoms with van der Waals surface area (Å²) < 4.78 is 47.8. The molecule has 1 aromatic carbocycles. The second-order valence-corrected chi connectivity index (χ2v) is 6.35. The molecule has 0 radical (unpaired) electrons. The van der Waals surface area contributed by atoms with E-state index in [0.717, 1.165) is 11.3 Å². The van der Waals surface area contributed by atoms with Crippen LogP contribution in [-0.2, 0) is 13.1 Å². The minimum Gasteiger partial charge on any atom is -0.465 e. The number of rotatable bonds is 8. The van der Waals surface area contributed by atoms with Crippen LogP contribution in [0, 0.1) is 6.92 Å². The van der Waals surface area contributed by atoms with E-state index in [0.29, 0.717) is 12.3 Å². The van der Waals surface area contributed by atoms with Crippen molar-refractivity contribution >= 4 is 11.9 Å². The Morgan fingerprint density at radius 1 is 1.07 bits per heavy atom. The van der Waals surface area contributed by atoms with Gasteiger partial charge in [-0.1, -0.05) is 30.3 Å². The first-order valence-corrected chi connectivity index (χ1v) is 8.78. The van der Waals surface area contributed by atoms with Gasteiger partial charge in [0.25, 0.3) is 0 Å². The molecule has 3 rings (SSSR count). The van der Waals surface area contributed by atoms with Crippen LogP contribution in [0.3, 0.4) is 0 Å². The molecule has 154 valence electrons. The number of halogens is 3. The summed E-state index contributed by atoms with van der Waals surface area (Å²) >= 11 is 0. The molecule has 0 saturated heterocycles. The fourth-order valence-electron chi connectivity index (χ4n) is 2.48. The Balaban J connectivity index is 1.79. The first-order chi connectivity index (χ1) is 13.8. The van der Waals surface area contributed by atoms with Crippen LogP contribution < -0.4 is 15.0 Å². The third kappa shape index (κ3) is 6.37. The number of benzene rings is 1. The van der Waals surface area contributed by atoms with Crippen molar-refractivity contribution in [3.63, 3.8) is 0 Å². The predicted molar refractivity (Wildman–Crippen MR) is 101 cm³/mol. The second kappa shape index (κ2) is 8.80. The van der Waals surface area contributed by atoms with Gasteiger partial charge in [-0.3, -0.25) is 0 Å². The lowest BCUT2D eigenvalue weighted by Crippen LogP contribution is -2.23. The highest BCUT2D eigenvalue weighted by atomic mass is 19.4. The minimum absolute atomic E-state index is 0.0844. The largest absolute Gasteiger partial charge is 0.465 e. The van der Waals surface area contributed by atoms with Gasteiger partial charge in [0, 0.05) is 13.6 Å². The molecule has 7 nitrogen and oxygen atoms in total. The number of hydrogen-bond acceptors (Lipinski definition) is 7. The number of anilines is 2. The predicted octanol–water partition coefficient (Wildman–Crippen LogP) is 3.96. The summed E-state index contributed by atoms with van der Waals surface area (Å²) in [4.78, 5) is 13.9. The van der Waals surface area contributed by atoms with Crippen LogP contribution in [0.4, 0.5) is 25.1 Å². The highest BCUT2D eigenvalue weighted by Gasteiger charge is 2.29. The van der Waals surface area contributed by atoms with E-state index >= 15 is 0 Å². The molecular formula is C19H20F3N5O2. The van der Waals surface area contributed by atoms with Crippen LogP contribution in [0.1, 0.15) is 17.1 Å². The maximum atomic E-state index is 12.5. The van der Waals surface area contributed by atoms with E-state index in [4.69, 9.17) is 9.15 Å². The Labute approximate surface area is 165 Å². The molecular weight excluding hydrogens is 387 g/mol. The average molecular weight is 407 g/mol. The summed E-state index contributed by atoms with van der Waals surface area (Å²) in [6.07, 6.45) is -4.50. The van der Waals surface area contributed by atoms with Gasteiger partial charge in [0.15, 0.2) is 6.61 Å². The van der Waals surface area contributed by atoms with E-state index in [9.17, 15) is 13.2 Å². The van der Waals surface area contributed by atoms with Crippen molar-refractivity contribution in [3.05, 3.63) is 59.5 Å². The molecule has 0 aliphatic heterocycles. The number of hydrogen-bond donors (Lipinski definition) is 1. The Morgan fingerprint density at radius 3 is 2.48 bits per heavy atom. The Morgan fingerprint density at radius 2 is 1.83 bits per heavy atom. The van der Waals surface area contributed by atoms with E-state index in [2.05, 4.69) is 20.3 Å². The van der Waals surface area contributed by atoms with Crippen molar-refractivity contribution in [1.29, 1.82) is 0 Å². The quantitative estimate of drug-likeness (QED) is 0.606. The maximum Gasteiger partial charge on any atom is 0.422 e. The third-order valence-electron chi connectivity index (χ3n) is 3.79. The Bertz CT molecular complexity index is 931. The van der Waals surface area contributed by atoms with Crippen LogP contribution in [0.15, 0.2) is 46.9 Å². The molecule has 0 unspecified atom stereocenters. The van der Waals surface area contributed by atoms with Gasteiger partial charge in [-0.05, 0) is 24.6 Å². The zero-order chi connectivity index (χ0) is 20.9. The zero-order valence-electron chi connectivity index (χ0n) is 15.9. The van der Waals surface area contributed by atoms with Gasteiger partial charge in [-0.2, -0.15) is 28.1 Å². The van der Waals surface area contributed by atoms with Crippen LogP contribution >= 0.6 is 0 Å². The molecule has 0 fully saturated rings. The second-order valence-electron chi connectivity index (χ2n) is 6.35. The van der Waals surface area contributed by atoms with Gasteiger partial charge < -0.3 is 19.4 Å². The van der Waals surface area contributed by atoms with Gasteiger partial charge in [0.05, 0.1) is 6.54 Å². The van der Waals surface area contributed by atoms with Gasteiger partial charge in [-0.15, -0.1) is 0 Å². The normalized spacial score (nSPS) is 11.3. The Hall–Kier alpha value is -3.30. The van der Waals surface area contributed by atoms with Crippen molar-refractivity contribution in [2.75, 3.05) is 23.9 Å². The molecule has 2 aromatic heterocycles. The number of nitrogens with one attached hydrogen (secondary N) is 1. The lowest BCUT2D eigenvalue weighted by Gasteiger charge is -2.18. The maximum absolute atomic E-state index is 12.5. The summed E-state index contributed by atoms with van der Waals surface area (Å²) in [6.45, 7) is 1.04. The van der Waals surface area contributed by atoms with Gasteiger partial charge >= 0.3 is 12.2 Å². The average Bonchev–Trinajstić information content (AvgIpc) is 3.10. The van der Waals surface area contributed by atoms with E-state index in [1.807, 2.05) is 37.3 Å². The number of aryl methyl sites for hydroxylation is 1. The molecule has 0 spiro atoms. The van der Waals surface area contributed by atoms with Crippen molar-refractivity contribution < 1.29 is 22.3 Å². The molecule has 0 aliphatic carbocycles. The van der Waals surface area contributed by atoms with E-state index in [1.54, 1.807) is 24.1 Å². The molecule has 3 aromatic rings. The molecule has 0 bridgehead atoms. The molecule has 1 N–H and O–H groups in total. The fourth-order valence-corrected chi connectivity index (χ4v) is 2.48. The van der Waals surface area contributed by atoms with Crippen molar-refractivity contribution in [2.24, 2.45) is 0 Å². The summed E-state index contributed by atoms with van der Waals surface area (Å²) in [5.41, 5.74) is 0.994. The highest BCUT2D eigenvalue weighted by Crippen LogP contribution is 2.20. The molecule has 0 atom stereocenters. The van der Waals surface area contributed by atoms with Crippen LogP contribution in [0.2, 0.25) is 0 Å². The number of nitrogens with zero attached hydrogens (tertiary/aromatic N) is 4. The third-order valence-corrected chi connectivity index (χ3v) is 3.79. The van der Waals surface area contributed by atoms with Gasteiger partial charge in [0.1, 0.15) is 11.5 Å². The van der Waals surface area contributed by atoms with Crippen LogP contribution in [0.5, 0.6) is 6.01 Å². The molecule has 0 amide bonds. The van der Waals surface area contributed by atoms with Gasteiger partial charge in [-0.25, -0.2) is 0 Å². The van der Waals surface area contributed by atoms with Crippen LogP contribution in [-0.4, -0.2) is 34.8 Å². The monoisotopic (exact) mass is 407 g/mol. The number of furan rings is 1. The first-order valence-electron chi connectivity index (χ1n) is 8.78. The van der Waals surface area contributed by atoms with Crippen LogP contribution in [0.25, 0.3) is 0 Å². The molecule has 2 heterocycles. The van der Waals surface area contributed by atoms with E-state index in [-0.39, 0.29) is 18.4 Å². The van der Waals surface area contributed by atoms with E-state index in [1.165, 1.54) is 0 Å². The van der Waals surface area contributed by atoms with Crippen molar-refractivity contribution in [2.45, 2.75) is 26.2 Å².